The van der Waals surface area contributed by atoms with Crippen LogP contribution in [0.3, 0.4) is 0 Å². The molecule has 7 nitrogen and oxygen atoms in total. The van der Waals surface area contributed by atoms with Gasteiger partial charge in [0.2, 0.25) is 5.82 Å². The van der Waals surface area contributed by atoms with Gasteiger partial charge < -0.3 is 19.5 Å². The number of rotatable bonds is 5. The maximum atomic E-state index is 13.0. The van der Waals surface area contributed by atoms with Crippen molar-refractivity contribution in [3.8, 4) is 11.4 Å². The zero-order valence-electron chi connectivity index (χ0n) is 15.0. The number of para-hydroxylation sites is 1. The minimum Gasteiger partial charge on any atom is -0.394 e. The number of hydrogen-bond acceptors (Lipinski definition) is 5. The number of aromatic nitrogens is 3. The maximum Gasteiger partial charge on any atom is 0.251 e. The zero-order chi connectivity index (χ0) is 19.7. The van der Waals surface area contributed by atoms with Crippen LogP contribution in [0.4, 0.5) is 4.39 Å². The highest BCUT2D eigenvalue weighted by Crippen LogP contribution is 2.28. The van der Waals surface area contributed by atoms with E-state index in [0.29, 0.717) is 5.82 Å². The van der Waals surface area contributed by atoms with E-state index >= 15 is 0 Å². The maximum absolute atomic E-state index is 13.0. The van der Waals surface area contributed by atoms with Gasteiger partial charge in [-0.3, -0.25) is 4.79 Å². The Labute approximate surface area is 159 Å². The lowest BCUT2D eigenvalue weighted by atomic mass is 10.1. The van der Waals surface area contributed by atoms with E-state index in [1.165, 1.54) is 24.3 Å². The molecule has 2 heterocycles. The molecule has 2 aromatic carbocycles. The number of hydrogen-bond donors (Lipinski definition) is 2. The first-order chi connectivity index (χ1) is 13.6. The summed E-state index contributed by atoms with van der Waals surface area (Å²) in [6.07, 6.45) is 1.89. The minimum atomic E-state index is -0.881. The normalized spacial score (nSPS) is 12.2. The third-order valence-corrected chi connectivity index (χ3v) is 4.47. The largest absolute Gasteiger partial charge is 0.394 e. The Bertz CT molecular complexity index is 1130. The summed E-state index contributed by atoms with van der Waals surface area (Å²) in [7, 11) is 1.92. The number of nitrogens with zero attached hydrogens (tertiary/aromatic N) is 3. The first kappa shape index (κ1) is 17.9. The monoisotopic (exact) mass is 380 g/mol. The molecule has 0 unspecified atom stereocenters. The van der Waals surface area contributed by atoms with Gasteiger partial charge in [-0.05, 0) is 30.3 Å². The van der Waals surface area contributed by atoms with Gasteiger partial charge in [-0.2, -0.15) is 4.98 Å². The molecule has 0 saturated carbocycles. The summed E-state index contributed by atoms with van der Waals surface area (Å²) in [5.74, 6) is -0.474. The minimum absolute atomic E-state index is 0.0842. The Hall–Kier alpha value is -3.52. The van der Waals surface area contributed by atoms with Crippen LogP contribution in [0.25, 0.3) is 22.3 Å². The fourth-order valence-corrected chi connectivity index (χ4v) is 3.03. The number of fused-ring (bicyclic) bond motifs is 1. The van der Waals surface area contributed by atoms with Crippen LogP contribution in [0.5, 0.6) is 0 Å². The van der Waals surface area contributed by atoms with Crippen LogP contribution in [0.2, 0.25) is 0 Å². The second kappa shape index (κ2) is 7.24. The Balaban J connectivity index is 1.60. The molecule has 0 bridgehead atoms. The fourth-order valence-electron chi connectivity index (χ4n) is 3.03. The zero-order valence-corrected chi connectivity index (χ0v) is 15.0. The van der Waals surface area contributed by atoms with Crippen LogP contribution in [0.1, 0.15) is 22.3 Å². The lowest BCUT2D eigenvalue weighted by Gasteiger charge is -2.12. The van der Waals surface area contributed by atoms with E-state index < -0.39 is 24.4 Å². The van der Waals surface area contributed by atoms with Crippen molar-refractivity contribution in [3.05, 3.63) is 72.0 Å². The first-order valence-electron chi connectivity index (χ1n) is 8.62. The molecule has 0 fully saturated rings. The summed E-state index contributed by atoms with van der Waals surface area (Å²) in [6, 6.07) is 12.0. The van der Waals surface area contributed by atoms with Crippen molar-refractivity contribution in [1.82, 2.24) is 20.0 Å². The summed E-state index contributed by atoms with van der Waals surface area (Å²) < 4.78 is 20.3. The highest BCUT2D eigenvalue weighted by atomic mass is 19.1. The van der Waals surface area contributed by atoms with Crippen molar-refractivity contribution in [2.75, 3.05) is 6.61 Å². The molecule has 2 N–H and O–H groups in total. The van der Waals surface area contributed by atoms with Crippen LogP contribution < -0.4 is 5.32 Å². The smallest absolute Gasteiger partial charge is 0.251 e. The van der Waals surface area contributed by atoms with E-state index in [4.69, 9.17) is 4.52 Å². The number of aryl methyl sites for hydroxylation is 1. The van der Waals surface area contributed by atoms with Crippen molar-refractivity contribution >= 4 is 16.8 Å². The van der Waals surface area contributed by atoms with Gasteiger partial charge >= 0.3 is 0 Å². The average Bonchev–Trinajstić information content (AvgIpc) is 3.32. The Morgan fingerprint density at radius 1 is 1.25 bits per heavy atom. The van der Waals surface area contributed by atoms with E-state index in [2.05, 4.69) is 15.5 Å². The average molecular weight is 380 g/mol. The lowest BCUT2D eigenvalue weighted by Crippen LogP contribution is -2.31. The van der Waals surface area contributed by atoms with Gasteiger partial charge in [-0.25, -0.2) is 4.39 Å². The number of aliphatic hydroxyl groups excluding tert-OH is 1. The summed E-state index contributed by atoms with van der Waals surface area (Å²) >= 11 is 0. The molecular weight excluding hydrogens is 363 g/mol. The SMILES string of the molecule is Cn1cc(-c2noc([C@H](CO)NC(=O)c3ccc(F)cc3)n2)c2ccccc21. The Morgan fingerprint density at radius 3 is 2.75 bits per heavy atom. The van der Waals surface area contributed by atoms with Crippen LogP contribution in [0, 0.1) is 5.82 Å². The number of aliphatic hydroxyl groups is 1. The topological polar surface area (TPSA) is 93.2 Å². The predicted molar refractivity (Wildman–Crippen MR) is 99.9 cm³/mol. The Kier molecular flexibility index (Phi) is 4.62. The number of benzene rings is 2. The van der Waals surface area contributed by atoms with Gasteiger partial charge in [0.25, 0.3) is 11.8 Å². The fraction of sp³-hybridized carbons (Fsp3) is 0.150. The molecule has 0 spiro atoms. The number of carbonyl (C=O) groups is 1. The van der Waals surface area contributed by atoms with E-state index in [-0.39, 0.29) is 11.5 Å². The van der Waals surface area contributed by atoms with Crippen molar-refractivity contribution in [1.29, 1.82) is 0 Å². The van der Waals surface area contributed by atoms with Crippen LogP contribution in [0.15, 0.2) is 59.3 Å². The molecule has 0 aliphatic carbocycles. The van der Waals surface area contributed by atoms with E-state index in [0.717, 1.165) is 16.5 Å². The molecular formula is C20H17FN4O3. The molecule has 0 saturated heterocycles. The summed E-state index contributed by atoms with van der Waals surface area (Å²) in [5.41, 5.74) is 2.07. The molecule has 0 aliphatic rings. The van der Waals surface area contributed by atoms with E-state index in [9.17, 15) is 14.3 Å². The molecule has 0 radical (unpaired) electrons. The number of halogens is 1. The van der Waals surface area contributed by atoms with Gasteiger partial charge in [0.15, 0.2) is 0 Å². The molecule has 0 aliphatic heterocycles. The summed E-state index contributed by atoms with van der Waals surface area (Å²) in [6.45, 7) is -0.426. The molecule has 4 rings (SSSR count). The number of amides is 1. The third kappa shape index (κ3) is 3.25. The van der Waals surface area contributed by atoms with Gasteiger partial charge in [0.05, 0.1) is 6.61 Å². The molecule has 28 heavy (non-hydrogen) atoms. The highest BCUT2D eigenvalue weighted by Gasteiger charge is 2.23. The second-order valence-electron chi connectivity index (χ2n) is 6.34. The highest BCUT2D eigenvalue weighted by molar-refractivity contribution is 5.95. The van der Waals surface area contributed by atoms with Gasteiger partial charge in [0, 0.05) is 35.3 Å². The lowest BCUT2D eigenvalue weighted by molar-refractivity contribution is 0.0901. The third-order valence-electron chi connectivity index (χ3n) is 4.47. The molecule has 8 heteroatoms. The van der Waals surface area contributed by atoms with E-state index in [1.807, 2.05) is 42.1 Å². The van der Waals surface area contributed by atoms with Crippen molar-refractivity contribution in [2.24, 2.45) is 7.05 Å². The molecule has 142 valence electrons. The predicted octanol–water partition coefficient (Wildman–Crippen LogP) is 2.83. The molecule has 1 atom stereocenters. The van der Waals surface area contributed by atoms with Crippen molar-refractivity contribution < 1.29 is 18.8 Å². The molecule has 1 amide bonds. The van der Waals surface area contributed by atoms with Crippen molar-refractivity contribution in [3.63, 3.8) is 0 Å². The van der Waals surface area contributed by atoms with Crippen molar-refractivity contribution in [2.45, 2.75) is 6.04 Å². The van der Waals surface area contributed by atoms with Gasteiger partial charge in [-0.15, -0.1) is 0 Å². The second-order valence-corrected chi connectivity index (χ2v) is 6.34. The summed E-state index contributed by atoms with van der Waals surface area (Å²) in [4.78, 5) is 16.7. The standard InChI is InChI=1S/C20H17FN4O3/c1-25-10-15(14-4-2-3-5-17(14)25)18-23-20(28-24-18)16(11-26)22-19(27)12-6-8-13(21)9-7-12/h2-10,16,26H,11H2,1H3,(H,22,27)/t16-/m0/s1. The van der Waals surface area contributed by atoms with Crippen LogP contribution in [-0.2, 0) is 7.05 Å². The number of carbonyl (C=O) groups excluding carboxylic acids is 1. The Morgan fingerprint density at radius 2 is 2.00 bits per heavy atom. The van der Waals surface area contributed by atoms with Gasteiger partial charge in [0.1, 0.15) is 11.9 Å². The first-order valence-corrected chi connectivity index (χ1v) is 8.62. The molecule has 4 aromatic rings. The number of nitrogens with one attached hydrogen (secondary N) is 1. The molecule has 2 aromatic heterocycles. The summed E-state index contributed by atoms with van der Waals surface area (Å²) in [5, 5.41) is 17.2. The van der Waals surface area contributed by atoms with E-state index in [1.54, 1.807) is 0 Å². The van der Waals surface area contributed by atoms with Gasteiger partial charge in [-0.1, -0.05) is 23.4 Å². The quantitative estimate of drug-likeness (QED) is 0.555. The van der Waals surface area contributed by atoms with Crippen LogP contribution >= 0.6 is 0 Å². The van der Waals surface area contributed by atoms with Crippen LogP contribution in [-0.4, -0.2) is 32.3 Å².